The average molecular weight is 299 g/mol. The number of hydrogen-bond acceptors (Lipinski definition) is 2. The van der Waals surface area contributed by atoms with Crippen molar-refractivity contribution in [1.29, 1.82) is 0 Å². The van der Waals surface area contributed by atoms with Crippen LogP contribution < -0.4 is 0 Å². The Labute approximate surface area is 111 Å². The van der Waals surface area contributed by atoms with Gasteiger partial charge in [-0.3, -0.25) is 0 Å². The summed E-state index contributed by atoms with van der Waals surface area (Å²) in [5.74, 6) is 0.0881. The fraction of sp³-hybridized carbons (Fsp3) is 0.571. The molecule has 0 radical (unpaired) electrons. The largest absolute Gasteiger partial charge is 0.392 e. The van der Waals surface area contributed by atoms with Gasteiger partial charge >= 0.3 is 0 Å². The number of aliphatic hydroxyl groups is 1. The highest BCUT2D eigenvalue weighted by Crippen LogP contribution is 2.34. The van der Waals surface area contributed by atoms with Crippen molar-refractivity contribution >= 4 is 15.9 Å². The molecular weight excluding hydrogens is 280 g/mol. The summed E-state index contributed by atoms with van der Waals surface area (Å²) in [6, 6.07) is 8.36. The van der Waals surface area contributed by atoms with E-state index in [9.17, 15) is 5.11 Å². The Morgan fingerprint density at radius 2 is 2.18 bits per heavy atom. The van der Waals surface area contributed by atoms with Crippen molar-refractivity contribution in [2.24, 2.45) is 0 Å². The van der Waals surface area contributed by atoms with E-state index in [0.717, 1.165) is 5.33 Å². The Balaban J connectivity index is 2.25. The Morgan fingerprint density at radius 3 is 2.82 bits per heavy atom. The van der Waals surface area contributed by atoms with Crippen molar-refractivity contribution < 1.29 is 9.84 Å². The molecule has 94 valence electrons. The van der Waals surface area contributed by atoms with E-state index >= 15 is 0 Å². The summed E-state index contributed by atoms with van der Waals surface area (Å²) in [6.07, 6.45) is 0.627. The van der Waals surface area contributed by atoms with Gasteiger partial charge in [0.15, 0.2) is 0 Å². The number of rotatable bonds is 2. The second-order valence-corrected chi connectivity index (χ2v) is 5.42. The predicted octanol–water partition coefficient (Wildman–Crippen LogP) is 3.22. The molecule has 3 unspecified atom stereocenters. The van der Waals surface area contributed by atoms with Crippen molar-refractivity contribution in [1.82, 2.24) is 0 Å². The molecular formula is C14H19BrO2. The highest BCUT2D eigenvalue weighted by molar-refractivity contribution is 9.08. The molecule has 17 heavy (non-hydrogen) atoms. The Kier molecular flexibility index (Phi) is 4.23. The third-order valence-electron chi connectivity index (χ3n) is 3.43. The predicted molar refractivity (Wildman–Crippen MR) is 72.4 cm³/mol. The molecule has 2 nitrogen and oxygen atoms in total. The lowest BCUT2D eigenvalue weighted by Crippen LogP contribution is -2.40. The van der Waals surface area contributed by atoms with Crippen molar-refractivity contribution in [3.05, 3.63) is 35.4 Å². The number of benzene rings is 1. The van der Waals surface area contributed by atoms with Gasteiger partial charge in [0.25, 0.3) is 0 Å². The Bertz CT molecular complexity index is 368. The number of alkyl halides is 1. The Morgan fingerprint density at radius 1 is 1.41 bits per heavy atom. The van der Waals surface area contributed by atoms with Gasteiger partial charge in [0.05, 0.1) is 18.3 Å². The minimum absolute atomic E-state index is 0.0688. The van der Waals surface area contributed by atoms with E-state index in [0.29, 0.717) is 6.42 Å². The molecule has 0 spiro atoms. The second-order valence-electron chi connectivity index (χ2n) is 4.86. The summed E-state index contributed by atoms with van der Waals surface area (Å²) in [4.78, 5) is 0. The van der Waals surface area contributed by atoms with Crippen molar-refractivity contribution in [2.75, 3.05) is 0 Å². The summed E-state index contributed by atoms with van der Waals surface area (Å²) >= 11 is 3.46. The molecule has 1 N–H and O–H groups in total. The lowest BCUT2D eigenvalue weighted by molar-refractivity contribution is -0.0960. The molecule has 0 amide bonds. The quantitative estimate of drug-likeness (QED) is 0.850. The van der Waals surface area contributed by atoms with Gasteiger partial charge in [0.1, 0.15) is 0 Å². The lowest BCUT2D eigenvalue weighted by atomic mass is 9.83. The van der Waals surface area contributed by atoms with E-state index in [1.54, 1.807) is 0 Å². The van der Waals surface area contributed by atoms with Gasteiger partial charge in [-0.1, -0.05) is 40.2 Å². The first-order valence-corrected chi connectivity index (χ1v) is 7.22. The monoisotopic (exact) mass is 298 g/mol. The number of hydrogen-bond donors (Lipinski definition) is 1. The molecule has 2 rings (SSSR count). The van der Waals surface area contributed by atoms with Crippen LogP contribution in [0.3, 0.4) is 0 Å². The second kappa shape index (κ2) is 5.51. The van der Waals surface area contributed by atoms with E-state index < -0.39 is 0 Å². The average Bonchev–Trinajstić information content (AvgIpc) is 2.28. The maximum absolute atomic E-state index is 10.2. The molecule has 4 atom stereocenters. The van der Waals surface area contributed by atoms with E-state index in [2.05, 4.69) is 34.1 Å². The van der Waals surface area contributed by atoms with Crippen LogP contribution >= 0.6 is 15.9 Å². The highest BCUT2D eigenvalue weighted by Gasteiger charge is 2.34. The summed E-state index contributed by atoms with van der Waals surface area (Å²) < 4.78 is 5.83. The zero-order valence-electron chi connectivity index (χ0n) is 10.3. The zero-order valence-corrected chi connectivity index (χ0v) is 11.9. The van der Waals surface area contributed by atoms with Crippen LogP contribution in [0.1, 0.15) is 37.3 Å². The minimum Gasteiger partial charge on any atom is -0.392 e. The smallest absolute Gasteiger partial charge is 0.0658 e. The standard InChI is InChI=1S/C14H19BrO2/c1-9-6-13(16)14(10(2)17-9)12-5-3-4-11(7-12)8-15/h3-5,7,9-10,13-14,16H,6,8H2,1-2H3/t9?,10?,13-,14?/m0/s1. The molecule has 1 aromatic rings. The summed E-state index contributed by atoms with van der Waals surface area (Å²) in [5, 5.41) is 11.1. The van der Waals surface area contributed by atoms with Crippen molar-refractivity contribution in [2.45, 2.75) is 49.8 Å². The van der Waals surface area contributed by atoms with Crippen LogP contribution in [0.4, 0.5) is 0 Å². The van der Waals surface area contributed by atoms with E-state index in [1.165, 1.54) is 11.1 Å². The zero-order chi connectivity index (χ0) is 12.4. The first-order valence-electron chi connectivity index (χ1n) is 6.10. The summed E-state index contributed by atoms with van der Waals surface area (Å²) in [7, 11) is 0. The third-order valence-corrected chi connectivity index (χ3v) is 4.08. The fourth-order valence-corrected chi connectivity index (χ4v) is 3.03. The highest BCUT2D eigenvalue weighted by atomic mass is 79.9. The van der Waals surface area contributed by atoms with Gasteiger partial charge < -0.3 is 9.84 Å². The molecule has 1 aliphatic heterocycles. The van der Waals surface area contributed by atoms with Crippen LogP contribution in [0.15, 0.2) is 24.3 Å². The lowest BCUT2D eigenvalue weighted by Gasteiger charge is -2.37. The van der Waals surface area contributed by atoms with Crippen LogP contribution in [-0.2, 0) is 10.1 Å². The SMILES string of the molecule is CC1C[C@H](O)C(c2cccc(CBr)c2)C(C)O1. The molecule has 1 aliphatic rings. The third kappa shape index (κ3) is 2.90. The minimum atomic E-state index is -0.306. The van der Waals surface area contributed by atoms with Gasteiger partial charge in [-0.15, -0.1) is 0 Å². The van der Waals surface area contributed by atoms with E-state index in [4.69, 9.17) is 4.74 Å². The molecule has 0 aromatic heterocycles. The maximum Gasteiger partial charge on any atom is 0.0658 e. The van der Waals surface area contributed by atoms with Crippen molar-refractivity contribution in [3.63, 3.8) is 0 Å². The number of halogens is 1. The summed E-state index contributed by atoms with van der Waals surface area (Å²) in [5.41, 5.74) is 2.41. The normalized spacial score (nSPS) is 33.6. The van der Waals surface area contributed by atoms with Crippen LogP contribution in [0.5, 0.6) is 0 Å². The van der Waals surface area contributed by atoms with E-state index in [1.807, 2.05) is 19.9 Å². The van der Waals surface area contributed by atoms with Gasteiger partial charge in [0, 0.05) is 11.2 Å². The van der Waals surface area contributed by atoms with Crippen molar-refractivity contribution in [3.8, 4) is 0 Å². The first-order chi connectivity index (χ1) is 8.11. The molecule has 0 saturated carbocycles. The number of aliphatic hydroxyl groups excluding tert-OH is 1. The molecule has 1 fully saturated rings. The first kappa shape index (κ1) is 13.1. The van der Waals surface area contributed by atoms with Crippen LogP contribution in [0, 0.1) is 0 Å². The van der Waals surface area contributed by atoms with Crippen LogP contribution in [0.2, 0.25) is 0 Å². The molecule has 1 saturated heterocycles. The molecule has 1 aromatic carbocycles. The van der Waals surface area contributed by atoms with Gasteiger partial charge in [-0.2, -0.15) is 0 Å². The fourth-order valence-electron chi connectivity index (χ4n) is 2.68. The molecule has 0 aliphatic carbocycles. The van der Waals surface area contributed by atoms with Crippen LogP contribution in [-0.4, -0.2) is 23.4 Å². The maximum atomic E-state index is 10.2. The topological polar surface area (TPSA) is 29.5 Å². The van der Waals surface area contributed by atoms with Gasteiger partial charge in [0.2, 0.25) is 0 Å². The van der Waals surface area contributed by atoms with E-state index in [-0.39, 0.29) is 24.2 Å². The number of ether oxygens (including phenoxy) is 1. The molecule has 1 heterocycles. The Hall–Kier alpha value is -0.380. The van der Waals surface area contributed by atoms with Gasteiger partial charge in [-0.25, -0.2) is 0 Å². The summed E-state index contributed by atoms with van der Waals surface area (Å²) in [6.45, 7) is 4.06. The van der Waals surface area contributed by atoms with Gasteiger partial charge in [-0.05, 0) is 31.4 Å². The van der Waals surface area contributed by atoms with Crippen LogP contribution in [0.25, 0.3) is 0 Å². The molecule has 3 heteroatoms. The molecule has 0 bridgehead atoms.